The molecular weight excluding hydrogens is 206 g/mol. The molecule has 2 aromatic heterocycles. The SMILES string of the molecule is CCOC(=O)c1cn(-c2cccnc2)cn1. The zero-order valence-electron chi connectivity index (χ0n) is 8.83. The number of nitrogens with zero attached hydrogens (tertiary/aromatic N) is 3. The van der Waals surface area contributed by atoms with E-state index < -0.39 is 5.97 Å². The minimum Gasteiger partial charge on any atom is -0.461 e. The van der Waals surface area contributed by atoms with Gasteiger partial charge in [-0.05, 0) is 19.1 Å². The Kier molecular flexibility index (Phi) is 2.95. The van der Waals surface area contributed by atoms with Gasteiger partial charge in [-0.3, -0.25) is 4.98 Å². The van der Waals surface area contributed by atoms with Crippen molar-refractivity contribution in [3.63, 3.8) is 0 Å². The summed E-state index contributed by atoms with van der Waals surface area (Å²) in [6.07, 6.45) is 6.56. The Morgan fingerprint density at radius 2 is 2.44 bits per heavy atom. The monoisotopic (exact) mass is 217 g/mol. The van der Waals surface area contributed by atoms with Crippen LogP contribution < -0.4 is 0 Å². The van der Waals surface area contributed by atoms with Crippen LogP contribution in [0.1, 0.15) is 17.4 Å². The lowest BCUT2D eigenvalue weighted by Crippen LogP contribution is -2.04. The van der Waals surface area contributed by atoms with Crippen LogP contribution in [0.25, 0.3) is 5.69 Å². The second-order valence-corrected chi connectivity index (χ2v) is 3.10. The number of ether oxygens (including phenoxy) is 1. The Bertz CT molecular complexity index is 479. The number of esters is 1. The third-order valence-corrected chi connectivity index (χ3v) is 2.01. The standard InChI is InChI=1S/C11H11N3O2/c1-2-16-11(15)10-7-14(8-13-10)9-4-3-5-12-6-9/h3-8H,2H2,1H3. The van der Waals surface area contributed by atoms with Gasteiger partial charge >= 0.3 is 5.97 Å². The zero-order valence-corrected chi connectivity index (χ0v) is 8.83. The first-order chi connectivity index (χ1) is 7.81. The van der Waals surface area contributed by atoms with Gasteiger partial charge in [0.2, 0.25) is 0 Å². The Hall–Kier alpha value is -2.17. The fourth-order valence-corrected chi connectivity index (χ4v) is 1.28. The van der Waals surface area contributed by atoms with E-state index in [4.69, 9.17) is 4.74 Å². The van der Waals surface area contributed by atoms with Crippen LogP contribution in [-0.2, 0) is 4.74 Å². The van der Waals surface area contributed by atoms with Gasteiger partial charge in [0, 0.05) is 12.4 Å². The van der Waals surface area contributed by atoms with E-state index >= 15 is 0 Å². The van der Waals surface area contributed by atoms with Crippen molar-refractivity contribution in [1.82, 2.24) is 14.5 Å². The molecule has 0 saturated heterocycles. The lowest BCUT2D eigenvalue weighted by Gasteiger charge is -1.99. The molecule has 0 aliphatic rings. The van der Waals surface area contributed by atoms with E-state index in [0.717, 1.165) is 5.69 Å². The van der Waals surface area contributed by atoms with E-state index in [1.165, 1.54) is 0 Å². The molecular formula is C11H11N3O2. The van der Waals surface area contributed by atoms with Crippen molar-refractivity contribution in [3.05, 3.63) is 42.7 Å². The highest BCUT2D eigenvalue weighted by atomic mass is 16.5. The van der Waals surface area contributed by atoms with Crippen LogP contribution in [0.5, 0.6) is 0 Å². The number of pyridine rings is 1. The van der Waals surface area contributed by atoms with Crippen LogP contribution in [0.2, 0.25) is 0 Å². The maximum Gasteiger partial charge on any atom is 0.358 e. The summed E-state index contributed by atoms with van der Waals surface area (Å²) in [5.41, 5.74) is 1.15. The van der Waals surface area contributed by atoms with Gasteiger partial charge in [0.1, 0.15) is 6.33 Å². The molecule has 0 saturated carbocycles. The highest BCUT2D eigenvalue weighted by Crippen LogP contribution is 2.07. The average molecular weight is 217 g/mol. The lowest BCUT2D eigenvalue weighted by atomic mass is 10.4. The van der Waals surface area contributed by atoms with Crippen molar-refractivity contribution in [2.75, 3.05) is 6.61 Å². The van der Waals surface area contributed by atoms with Crippen molar-refractivity contribution in [2.24, 2.45) is 0 Å². The van der Waals surface area contributed by atoms with Crippen LogP contribution in [0.3, 0.4) is 0 Å². The molecule has 2 heterocycles. The number of hydrogen-bond acceptors (Lipinski definition) is 4. The summed E-state index contributed by atoms with van der Waals surface area (Å²) in [4.78, 5) is 19.3. The first-order valence-corrected chi connectivity index (χ1v) is 4.92. The van der Waals surface area contributed by atoms with Crippen molar-refractivity contribution in [3.8, 4) is 5.69 Å². The van der Waals surface area contributed by atoms with E-state index in [1.54, 1.807) is 36.4 Å². The number of carbonyl (C=O) groups excluding carboxylic acids is 1. The van der Waals surface area contributed by atoms with E-state index in [2.05, 4.69) is 9.97 Å². The molecule has 5 nitrogen and oxygen atoms in total. The first-order valence-electron chi connectivity index (χ1n) is 4.92. The summed E-state index contributed by atoms with van der Waals surface area (Å²) in [5, 5.41) is 0. The molecule has 82 valence electrons. The first kappa shape index (κ1) is 10.4. The highest BCUT2D eigenvalue weighted by Gasteiger charge is 2.10. The number of carbonyl (C=O) groups is 1. The molecule has 0 aromatic carbocycles. The van der Waals surface area contributed by atoms with Crippen LogP contribution in [0, 0.1) is 0 Å². The third-order valence-electron chi connectivity index (χ3n) is 2.01. The predicted octanol–water partition coefficient (Wildman–Crippen LogP) is 1.44. The van der Waals surface area contributed by atoms with E-state index in [0.29, 0.717) is 12.3 Å². The van der Waals surface area contributed by atoms with Crippen LogP contribution in [0.15, 0.2) is 37.1 Å². The second-order valence-electron chi connectivity index (χ2n) is 3.10. The van der Waals surface area contributed by atoms with Gasteiger partial charge in [-0.2, -0.15) is 0 Å². The van der Waals surface area contributed by atoms with Gasteiger partial charge in [0.05, 0.1) is 18.5 Å². The molecule has 16 heavy (non-hydrogen) atoms. The molecule has 0 aliphatic carbocycles. The molecule has 0 N–H and O–H groups in total. The maximum atomic E-state index is 11.4. The molecule has 0 spiro atoms. The molecule has 0 radical (unpaired) electrons. The van der Waals surface area contributed by atoms with Crippen LogP contribution >= 0.6 is 0 Å². The predicted molar refractivity (Wildman–Crippen MR) is 57.3 cm³/mol. The third kappa shape index (κ3) is 2.08. The second kappa shape index (κ2) is 4.57. The average Bonchev–Trinajstić information content (AvgIpc) is 2.80. The minimum atomic E-state index is -0.412. The highest BCUT2D eigenvalue weighted by molar-refractivity contribution is 5.87. The summed E-state index contributed by atoms with van der Waals surface area (Å²) >= 11 is 0. The van der Waals surface area contributed by atoms with E-state index in [-0.39, 0.29) is 0 Å². The summed E-state index contributed by atoms with van der Waals surface area (Å²) < 4.78 is 6.57. The number of aromatic nitrogens is 3. The topological polar surface area (TPSA) is 57.0 Å². The summed E-state index contributed by atoms with van der Waals surface area (Å²) in [6.45, 7) is 2.11. The smallest absolute Gasteiger partial charge is 0.358 e. The Labute approximate surface area is 92.7 Å². The Morgan fingerprint density at radius 3 is 3.12 bits per heavy atom. The summed E-state index contributed by atoms with van der Waals surface area (Å²) in [6, 6.07) is 3.70. The summed E-state index contributed by atoms with van der Waals surface area (Å²) in [7, 11) is 0. The van der Waals surface area contributed by atoms with Crippen molar-refractivity contribution in [2.45, 2.75) is 6.92 Å². The maximum absolute atomic E-state index is 11.4. The zero-order chi connectivity index (χ0) is 11.4. The molecule has 0 atom stereocenters. The number of hydrogen-bond donors (Lipinski definition) is 0. The Morgan fingerprint density at radius 1 is 1.56 bits per heavy atom. The van der Waals surface area contributed by atoms with Gasteiger partial charge in [0.25, 0.3) is 0 Å². The van der Waals surface area contributed by atoms with Gasteiger partial charge in [-0.25, -0.2) is 9.78 Å². The normalized spacial score (nSPS) is 10.1. The molecule has 2 rings (SSSR count). The lowest BCUT2D eigenvalue weighted by molar-refractivity contribution is 0.0520. The number of imidazole rings is 1. The molecule has 0 aliphatic heterocycles. The quantitative estimate of drug-likeness (QED) is 0.730. The minimum absolute atomic E-state index is 0.297. The largest absolute Gasteiger partial charge is 0.461 e. The summed E-state index contributed by atoms with van der Waals surface area (Å²) in [5.74, 6) is -0.412. The van der Waals surface area contributed by atoms with Crippen LogP contribution in [0.4, 0.5) is 0 Å². The molecule has 0 bridgehead atoms. The fourth-order valence-electron chi connectivity index (χ4n) is 1.28. The van der Waals surface area contributed by atoms with Gasteiger partial charge < -0.3 is 9.30 Å². The van der Waals surface area contributed by atoms with Crippen molar-refractivity contribution >= 4 is 5.97 Å². The number of rotatable bonds is 3. The molecule has 5 heteroatoms. The fraction of sp³-hybridized carbons (Fsp3) is 0.182. The van der Waals surface area contributed by atoms with Gasteiger partial charge in [-0.1, -0.05) is 0 Å². The van der Waals surface area contributed by atoms with Crippen LogP contribution in [-0.4, -0.2) is 27.1 Å². The van der Waals surface area contributed by atoms with E-state index in [1.807, 2.05) is 12.1 Å². The molecule has 0 fully saturated rings. The van der Waals surface area contributed by atoms with Gasteiger partial charge in [0.15, 0.2) is 5.69 Å². The molecule has 2 aromatic rings. The molecule has 0 unspecified atom stereocenters. The van der Waals surface area contributed by atoms with E-state index in [9.17, 15) is 4.79 Å². The van der Waals surface area contributed by atoms with Crippen molar-refractivity contribution < 1.29 is 9.53 Å². The van der Waals surface area contributed by atoms with Crippen molar-refractivity contribution in [1.29, 1.82) is 0 Å². The van der Waals surface area contributed by atoms with Gasteiger partial charge in [-0.15, -0.1) is 0 Å². The Balaban J connectivity index is 2.23. The molecule has 0 amide bonds.